The molecule has 1 rings (SSSR count). The fraction of sp³-hybridized carbons (Fsp3) is 0.421. The number of esters is 3. The van der Waals surface area contributed by atoms with Gasteiger partial charge in [0.25, 0.3) is 0 Å². The van der Waals surface area contributed by atoms with Crippen LogP contribution in [-0.4, -0.2) is 38.2 Å². The normalized spacial score (nSPS) is 11.2. The summed E-state index contributed by atoms with van der Waals surface area (Å²) in [5.41, 5.74) is 0.668. The molecule has 7 nitrogen and oxygen atoms in total. The molecule has 0 amide bonds. The smallest absolute Gasteiger partial charge is 0.355 e. The number of carbonyl (C=O) groups is 3. The van der Waals surface area contributed by atoms with Gasteiger partial charge >= 0.3 is 17.9 Å². The second-order valence-electron chi connectivity index (χ2n) is 5.61. The molecule has 0 N–H and O–H groups in total. The van der Waals surface area contributed by atoms with Crippen molar-refractivity contribution in [3.8, 4) is 11.5 Å². The van der Waals surface area contributed by atoms with E-state index >= 15 is 0 Å². The van der Waals surface area contributed by atoms with Crippen LogP contribution in [0, 0.1) is 0 Å². The molecule has 1 aromatic carbocycles. The molecule has 26 heavy (non-hydrogen) atoms. The van der Waals surface area contributed by atoms with E-state index in [1.165, 1.54) is 21.1 Å². The highest BCUT2D eigenvalue weighted by molar-refractivity contribution is 5.92. The lowest BCUT2D eigenvalue weighted by Crippen LogP contribution is -2.31. The van der Waals surface area contributed by atoms with Crippen LogP contribution in [0.15, 0.2) is 30.4 Å². The number of ether oxygens (including phenoxy) is 4. The van der Waals surface area contributed by atoms with Crippen LogP contribution < -0.4 is 9.47 Å². The van der Waals surface area contributed by atoms with Crippen molar-refractivity contribution in [2.45, 2.75) is 39.2 Å². The van der Waals surface area contributed by atoms with Crippen molar-refractivity contribution in [3.63, 3.8) is 0 Å². The average Bonchev–Trinajstić information content (AvgIpc) is 2.60. The zero-order chi connectivity index (χ0) is 19.7. The molecule has 0 spiro atoms. The topological polar surface area (TPSA) is 88.1 Å². The fourth-order valence-corrected chi connectivity index (χ4v) is 2.11. The molecule has 0 bridgehead atoms. The van der Waals surface area contributed by atoms with Gasteiger partial charge in [-0.15, -0.1) is 0 Å². The van der Waals surface area contributed by atoms with Crippen LogP contribution in [0.2, 0.25) is 0 Å². The SMILES string of the molecule is C=C(C)C(=O)OC(CCC)C(=O)OC(=O)Cc1cc(OC)ccc1OC. The van der Waals surface area contributed by atoms with E-state index in [1.807, 2.05) is 6.92 Å². The van der Waals surface area contributed by atoms with Gasteiger partial charge in [0.2, 0.25) is 0 Å². The molecule has 0 heterocycles. The molecule has 0 saturated carbocycles. The molecule has 0 aliphatic carbocycles. The highest BCUT2D eigenvalue weighted by Crippen LogP contribution is 2.24. The number of hydrogen-bond donors (Lipinski definition) is 0. The van der Waals surface area contributed by atoms with Crippen molar-refractivity contribution in [3.05, 3.63) is 35.9 Å². The van der Waals surface area contributed by atoms with Crippen LogP contribution in [0.4, 0.5) is 0 Å². The average molecular weight is 364 g/mol. The molecule has 0 aromatic heterocycles. The van der Waals surface area contributed by atoms with Crippen LogP contribution >= 0.6 is 0 Å². The van der Waals surface area contributed by atoms with Crippen LogP contribution in [0.3, 0.4) is 0 Å². The van der Waals surface area contributed by atoms with E-state index in [4.69, 9.17) is 18.9 Å². The molecule has 0 aliphatic heterocycles. The van der Waals surface area contributed by atoms with Gasteiger partial charge in [0.05, 0.1) is 20.6 Å². The summed E-state index contributed by atoms with van der Waals surface area (Å²) in [6.07, 6.45) is -0.533. The maximum Gasteiger partial charge on any atom is 0.355 e. The Morgan fingerprint density at radius 1 is 1.15 bits per heavy atom. The van der Waals surface area contributed by atoms with Crippen molar-refractivity contribution < 1.29 is 33.3 Å². The lowest BCUT2D eigenvalue weighted by atomic mass is 10.1. The summed E-state index contributed by atoms with van der Waals surface area (Å²) in [6, 6.07) is 4.96. The standard InChI is InChI=1S/C19H24O7/c1-6-7-16(25-18(21)12(2)3)19(22)26-17(20)11-13-10-14(23-4)8-9-15(13)24-5/h8-10,16H,2,6-7,11H2,1,3-5H3. The monoisotopic (exact) mass is 364 g/mol. The first-order valence-electron chi connectivity index (χ1n) is 8.14. The Balaban J connectivity index is 2.80. The van der Waals surface area contributed by atoms with E-state index in [0.717, 1.165) is 0 Å². The summed E-state index contributed by atoms with van der Waals surface area (Å²) in [5.74, 6) is -1.39. The van der Waals surface area contributed by atoms with E-state index in [0.29, 0.717) is 23.5 Å². The Hall–Kier alpha value is -2.83. The number of rotatable bonds is 9. The molecule has 1 atom stereocenters. The molecule has 1 aromatic rings. The first-order chi connectivity index (χ1) is 12.3. The van der Waals surface area contributed by atoms with E-state index in [2.05, 4.69) is 6.58 Å². The lowest BCUT2D eigenvalue weighted by molar-refractivity contribution is -0.172. The third-order valence-electron chi connectivity index (χ3n) is 3.45. The quantitative estimate of drug-likeness (QED) is 0.378. The van der Waals surface area contributed by atoms with Gasteiger partial charge in [0.15, 0.2) is 6.10 Å². The Morgan fingerprint density at radius 3 is 2.38 bits per heavy atom. The van der Waals surface area contributed by atoms with Crippen LogP contribution in [0.5, 0.6) is 11.5 Å². The fourth-order valence-electron chi connectivity index (χ4n) is 2.11. The van der Waals surface area contributed by atoms with Gasteiger partial charge in [-0.2, -0.15) is 0 Å². The summed E-state index contributed by atoms with van der Waals surface area (Å²) < 4.78 is 20.2. The molecule has 0 fully saturated rings. The Kier molecular flexibility index (Phi) is 8.34. The van der Waals surface area contributed by atoms with Crippen molar-refractivity contribution >= 4 is 17.9 Å². The van der Waals surface area contributed by atoms with Gasteiger partial charge in [-0.3, -0.25) is 4.79 Å². The summed E-state index contributed by atoms with van der Waals surface area (Å²) in [7, 11) is 2.97. The number of hydrogen-bond acceptors (Lipinski definition) is 7. The zero-order valence-corrected chi connectivity index (χ0v) is 15.5. The summed E-state index contributed by atoms with van der Waals surface area (Å²) >= 11 is 0. The third-order valence-corrected chi connectivity index (χ3v) is 3.45. The van der Waals surface area contributed by atoms with Crippen LogP contribution in [0.1, 0.15) is 32.3 Å². The van der Waals surface area contributed by atoms with E-state index in [1.54, 1.807) is 18.2 Å². The largest absolute Gasteiger partial charge is 0.497 e. The van der Waals surface area contributed by atoms with Gasteiger partial charge in [-0.25, -0.2) is 9.59 Å². The van der Waals surface area contributed by atoms with E-state index in [9.17, 15) is 14.4 Å². The van der Waals surface area contributed by atoms with E-state index < -0.39 is 24.0 Å². The zero-order valence-electron chi connectivity index (χ0n) is 15.5. The molecular weight excluding hydrogens is 340 g/mol. The van der Waals surface area contributed by atoms with Gasteiger partial charge in [-0.05, 0) is 31.5 Å². The molecule has 0 saturated heterocycles. The van der Waals surface area contributed by atoms with Crippen molar-refractivity contribution in [1.82, 2.24) is 0 Å². The summed E-state index contributed by atoms with van der Waals surface area (Å²) in [5, 5.41) is 0. The van der Waals surface area contributed by atoms with Crippen LogP contribution in [0.25, 0.3) is 0 Å². The van der Waals surface area contributed by atoms with Crippen LogP contribution in [-0.2, 0) is 30.3 Å². The van der Waals surface area contributed by atoms with Gasteiger partial charge in [0, 0.05) is 11.1 Å². The van der Waals surface area contributed by atoms with Gasteiger partial charge < -0.3 is 18.9 Å². The van der Waals surface area contributed by atoms with E-state index in [-0.39, 0.29) is 18.4 Å². The lowest BCUT2D eigenvalue weighted by Gasteiger charge is -2.16. The Labute approximate surface area is 152 Å². The number of benzene rings is 1. The second-order valence-corrected chi connectivity index (χ2v) is 5.61. The number of carbonyl (C=O) groups excluding carboxylic acids is 3. The third kappa shape index (κ3) is 6.23. The highest BCUT2D eigenvalue weighted by Gasteiger charge is 2.26. The predicted octanol–water partition coefficient (Wildman–Crippen LogP) is 2.60. The predicted molar refractivity (Wildman–Crippen MR) is 94.0 cm³/mol. The highest BCUT2D eigenvalue weighted by atomic mass is 16.6. The molecular formula is C19H24O7. The molecule has 0 aliphatic rings. The minimum Gasteiger partial charge on any atom is -0.497 e. The van der Waals surface area contributed by atoms with Crippen molar-refractivity contribution in [1.29, 1.82) is 0 Å². The number of methoxy groups -OCH3 is 2. The van der Waals surface area contributed by atoms with Gasteiger partial charge in [-0.1, -0.05) is 19.9 Å². The second kappa shape index (κ2) is 10.2. The minimum atomic E-state index is -1.15. The maximum atomic E-state index is 12.2. The van der Waals surface area contributed by atoms with Crippen molar-refractivity contribution in [2.75, 3.05) is 14.2 Å². The van der Waals surface area contributed by atoms with Crippen molar-refractivity contribution in [2.24, 2.45) is 0 Å². The summed E-state index contributed by atoms with van der Waals surface area (Å²) in [6.45, 7) is 6.75. The first-order valence-corrected chi connectivity index (χ1v) is 8.14. The molecule has 0 radical (unpaired) electrons. The Morgan fingerprint density at radius 2 is 1.85 bits per heavy atom. The molecule has 142 valence electrons. The molecule has 7 heteroatoms. The minimum absolute atomic E-state index is 0.159. The molecule has 1 unspecified atom stereocenters. The van der Waals surface area contributed by atoms with Gasteiger partial charge in [0.1, 0.15) is 11.5 Å². The Bertz CT molecular complexity index is 678. The first kappa shape index (κ1) is 21.2. The summed E-state index contributed by atoms with van der Waals surface area (Å²) in [4.78, 5) is 35.9. The maximum absolute atomic E-state index is 12.2.